The molecule has 29 heavy (non-hydrogen) atoms. The van der Waals surface area contributed by atoms with Crippen molar-refractivity contribution < 1.29 is 14.3 Å². The van der Waals surface area contributed by atoms with Gasteiger partial charge in [-0.05, 0) is 36.6 Å². The number of likely N-dealkylation sites (tertiary alicyclic amines) is 1. The van der Waals surface area contributed by atoms with E-state index in [1.165, 1.54) is 0 Å². The first kappa shape index (κ1) is 21.0. The van der Waals surface area contributed by atoms with E-state index >= 15 is 0 Å². The summed E-state index contributed by atoms with van der Waals surface area (Å²) in [5.74, 6) is 0.675. The number of ether oxygens (including phenoxy) is 1. The van der Waals surface area contributed by atoms with Crippen LogP contribution in [0.1, 0.15) is 24.0 Å². The lowest BCUT2D eigenvalue weighted by atomic mass is 10.1. The molecule has 0 unspecified atom stereocenters. The summed E-state index contributed by atoms with van der Waals surface area (Å²) >= 11 is 5.92. The number of methoxy groups -OCH3 is 1. The Hall–Kier alpha value is -2.73. The zero-order valence-electron chi connectivity index (χ0n) is 16.7. The average Bonchev–Trinajstić information content (AvgIpc) is 3.23. The molecule has 2 aromatic carbocycles. The minimum absolute atomic E-state index is 0.0510. The highest BCUT2D eigenvalue weighted by Gasteiger charge is 2.35. The number of likely N-dealkylation sites (N-methyl/N-ethyl adjacent to an activating group) is 1. The number of amides is 3. The van der Waals surface area contributed by atoms with Gasteiger partial charge in [-0.3, -0.25) is 4.79 Å². The molecule has 0 radical (unpaired) electrons. The molecule has 1 aliphatic heterocycles. The summed E-state index contributed by atoms with van der Waals surface area (Å²) in [5, 5.41) is 3.58. The van der Waals surface area contributed by atoms with Gasteiger partial charge in [0.25, 0.3) is 0 Å². The van der Waals surface area contributed by atoms with Crippen LogP contribution in [0.3, 0.4) is 0 Å². The average molecular weight is 416 g/mol. The van der Waals surface area contributed by atoms with E-state index in [9.17, 15) is 9.59 Å². The highest BCUT2D eigenvalue weighted by Crippen LogP contribution is 2.21. The summed E-state index contributed by atoms with van der Waals surface area (Å²) in [7, 11) is 3.37. The van der Waals surface area contributed by atoms with Crippen LogP contribution in [0, 0.1) is 0 Å². The zero-order valence-corrected chi connectivity index (χ0v) is 17.5. The first-order chi connectivity index (χ1) is 14.0. The quantitative estimate of drug-likeness (QED) is 0.782. The smallest absolute Gasteiger partial charge is 0.318 e. The molecule has 6 nitrogen and oxygen atoms in total. The SMILES string of the molecule is COc1ccccc1CNC(=O)N1CCC[C@@H]1C(=O)N(C)Cc1ccc(Cl)cc1. The van der Waals surface area contributed by atoms with Gasteiger partial charge in [-0.2, -0.15) is 0 Å². The molecule has 0 bridgehead atoms. The van der Waals surface area contributed by atoms with Crippen LogP contribution in [-0.4, -0.2) is 48.5 Å². The number of rotatable bonds is 6. The predicted molar refractivity (Wildman–Crippen MR) is 113 cm³/mol. The largest absolute Gasteiger partial charge is 0.496 e. The molecule has 1 atom stereocenters. The zero-order chi connectivity index (χ0) is 20.8. The van der Waals surface area contributed by atoms with Crippen LogP contribution in [0.25, 0.3) is 0 Å². The topological polar surface area (TPSA) is 61.9 Å². The standard InChI is InChI=1S/C22H26ClN3O3/c1-25(15-16-9-11-18(23)12-10-16)21(27)19-7-5-13-26(19)22(28)24-14-17-6-3-4-8-20(17)29-2/h3-4,6,8-12,19H,5,7,13-15H2,1-2H3,(H,24,28)/t19-/m1/s1. The fourth-order valence-corrected chi connectivity index (χ4v) is 3.71. The highest BCUT2D eigenvalue weighted by atomic mass is 35.5. The molecule has 1 N–H and O–H groups in total. The normalized spacial score (nSPS) is 15.8. The van der Waals surface area contributed by atoms with Gasteiger partial charge >= 0.3 is 6.03 Å². The van der Waals surface area contributed by atoms with E-state index in [0.29, 0.717) is 31.1 Å². The Morgan fingerprint density at radius 2 is 1.93 bits per heavy atom. The van der Waals surface area contributed by atoms with Crippen molar-refractivity contribution in [2.75, 3.05) is 20.7 Å². The molecule has 1 fully saturated rings. The number of hydrogen-bond acceptors (Lipinski definition) is 3. The summed E-state index contributed by atoms with van der Waals surface area (Å²) < 4.78 is 5.32. The Kier molecular flexibility index (Phi) is 6.99. The summed E-state index contributed by atoms with van der Waals surface area (Å²) in [6, 6.07) is 14.3. The van der Waals surface area contributed by atoms with Crippen molar-refractivity contribution in [2.45, 2.75) is 32.0 Å². The summed E-state index contributed by atoms with van der Waals surface area (Å²) in [5.41, 5.74) is 1.89. The van der Waals surface area contributed by atoms with Gasteiger partial charge in [-0.1, -0.05) is 41.9 Å². The van der Waals surface area contributed by atoms with Gasteiger partial charge in [-0.15, -0.1) is 0 Å². The van der Waals surface area contributed by atoms with Gasteiger partial charge in [0.2, 0.25) is 5.91 Å². The van der Waals surface area contributed by atoms with Gasteiger partial charge in [-0.25, -0.2) is 4.79 Å². The predicted octanol–water partition coefficient (Wildman–Crippen LogP) is 3.68. The van der Waals surface area contributed by atoms with E-state index in [2.05, 4.69) is 5.32 Å². The number of nitrogens with zero attached hydrogens (tertiary/aromatic N) is 2. The molecule has 0 saturated carbocycles. The van der Waals surface area contributed by atoms with Crippen LogP contribution in [0.4, 0.5) is 4.79 Å². The molecule has 7 heteroatoms. The van der Waals surface area contributed by atoms with Crippen molar-refractivity contribution in [3.63, 3.8) is 0 Å². The maximum Gasteiger partial charge on any atom is 0.318 e. The second kappa shape index (κ2) is 9.65. The van der Waals surface area contributed by atoms with Crippen LogP contribution >= 0.6 is 11.6 Å². The fraction of sp³-hybridized carbons (Fsp3) is 0.364. The van der Waals surface area contributed by atoms with Crippen molar-refractivity contribution in [3.05, 3.63) is 64.7 Å². The van der Waals surface area contributed by atoms with Crippen LogP contribution in [-0.2, 0) is 17.9 Å². The van der Waals surface area contributed by atoms with E-state index in [0.717, 1.165) is 23.3 Å². The van der Waals surface area contributed by atoms with Crippen molar-refractivity contribution in [1.29, 1.82) is 0 Å². The highest BCUT2D eigenvalue weighted by molar-refractivity contribution is 6.30. The van der Waals surface area contributed by atoms with E-state index in [1.54, 1.807) is 24.0 Å². The van der Waals surface area contributed by atoms with E-state index in [-0.39, 0.29) is 11.9 Å². The summed E-state index contributed by atoms with van der Waals surface area (Å²) in [4.78, 5) is 29.0. The van der Waals surface area contributed by atoms with Crippen LogP contribution < -0.4 is 10.1 Å². The number of carbonyl (C=O) groups is 2. The summed E-state index contributed by atoms with van der Waals surface area (Å²) in [6.45, 7) is 1.40. The lowest BCUT2D eigenvalue weighted by Crippen LogP contribution is -2.49. The first-order valence-corrected chi connectivity index (χ1v) is 10.0. The second-order valence-corrected chi connectivity index (χ2v) is 7.58. The van der Waals surface area contributed by atoms with Crippen molar-refractivity contribution in [1.82, 2.24) is 15.1 Å². The Balaban J connectivity index is 1.60. The van der Waals surface area contributed by atoms with Gasteiger partial charge in [0.1, 0.15) is 11.8 Å². The van der Waals surface area contributed by atoms with Crippen LogP contribution in [0.5, 0.6) is 5.75 Å². The number of hydrogen-bond donors (Lipinski definition) is 1. The Morgan fingerprint density at radius 3 is 2.66 bits per heavy atom. The minimum Gasteiger partial charge on any atom is -0.496 e. The number of nitrogens with one attached hydrogen (secondary N) is 1. The number of para-hydroxylation sites is 1. The van der Waals surface area contributed by atoms with Crippen molar-refractivity contribution >= 4 is 23.5 Å². The van der Waals surface area contributed by atoms with Gasteiger partial charge in [0, 0.05) is 37.3 Å². The Bertz CT molecular complexity index is 857. The molecular formula is C22H26ClN3O3. The lowest BCUT2D eigenvalue weighted by Gasteiger charge is -2.28. The van der Waals surface area contributed by atoms with Crippen molar-refractivity contribution in [2.24, 2.45) is 0 Å². The van der Waals surface area contributed by atoms with E-state index in [4.69, 9.17) is 16.3 Å². The molecule has 0 spiro atoms. The fourth-order valence-electron chi connectivity index (χ4n) is 3.58. The number of benzene rings is 2. The molecule has 1 saturated heterocycles. The third kappa shape index (κ3) is 5.21. The maximum atomic E-state index is 13.0. The lowest BCUT2D eigenvalue weighted by molar-refractivity contribution is -0.134. The Morgan fingerprint density at radius 1 is 1.21 bits per heavy atom. The monoisotopic (exact) mass is 415 g/mol. The van der Waals surface area contributed by atoms with Gasteiger partial charge in [0.15, 0.2) is 0 Å². The number of halogens is 1. The Labute approximate surface area is 176 Å². The molecule has 2 aromatic rings. The number of urea groups is 1. The molecule has 1 aliphatic rings. The number of carbonyl (C=O) groups excluding carboxylic acids is 2. The third-order valence-electron chi connectivity index (χ3n) is 5.13. The molecule has 0 aliphatic carbocycles. The molecule has 1 heterocycles. The maximum absolute atomic E-state index is 13.0. The van der Waals surface area contributed by atoms with Gasteiger partial charge in [0.05, 0.1) is 7.11 Å². The van der Waals surface area contributed by atoms with Crippen LogP contribution in [0.15, 0.2) is 48.5 Å². The van der Waals surface area contributed by atoms with Crippen molar-refractivity contribution in [3.8, 4) is 5.75 Å². The minimum atomic E-state index is -0.440. The van der Waals surface area contributed by atoms with E-state index < -0.39 is 6.04 Å². The molecular weight excluding hydrogens is 390 g/mol. The third-order valence-corrected chi connectivity index (χ3v) is 5.38. The van der Waals surface area contributed by atoms with Crippen LogP contribution in [0.2, 0.25) is 5.02 Å². The molecule has 154 valence electrons. The second-order valence-electron chi connectivity index (χ2n) is 7.14. The van der Waals surface area contributed by atoms with E-state index in [1.807, 2.05) is 48.5 Å². The van der Waals surface area contributed by atoms with Gasteiger partial charge < -0.3 is 19.9 Å². The summed E-state index contributed by atoms with van der Waals surface area (Å²) in [6.07, 6.45) is 1.49. The first-order valence-electron chi connectivity index (χ1n) is 9.65. The molecule has 3 rings (SSSR count). The molecule has 3 amide bonds. The molecule has 0 aromatic heterocycles.